The minimum absolute atomic E-state index is 0.166. The van der Waals surface area contributed by atoms with Gasteiger partial charge in [-0.15, -0.1) is 0 Å². The number of phenolic OH excluding ortho intramolecular Hbond substituents is 1. The maximum Gasteiger partial charge on any atom is 0.255 e. The summed E-state index contributed by atoms with van der Waals surface area (Å²) in [5.41, 5.74) is 3.22. The fourth-order valence-corrected chi connectivity index (χ4v) is 1.74. The molecule has 0 bridgehead atoms. The van der Waals surface area contributed by atoms with Crippen molar-refractivity contribution in [1.29, 1.82) is 0 Å². The third-order valence-corrected chi connectivity index (χ3v) is 2.76. The third-order valence-electron chi connectivity index (χ3n) is 2.76. The maximum absolute atomic E-state index is 12.0. The number of hydrogen-bond donors (Lipinski definition) is 2. The Morgan fingerprint density at radius 1 is 1.06 bits per heavy atom. The van der Waals surface area contributed by atoms with Gasteiger partial charge in [0, 0.05) is 11.3 Å². The van der Waals surface area contributed by atoms with Gasteiger partial charge in [0.05, 0.1) is 0 Å². The van der Waals surface area contributed by atoms with Crippen LogP contribution in [0.25, 0.3) is 0 Å². The summed E-state index contributed by atoms with van der Waals surface area (Å²) in [7, 11) is 0. The molecule has 0 heterocycles. The van der Waals surface area contributed by atoms with E-state index in [0.717, 1.165) is 16.8 Å². The Morgan fingerprint density at radius 2 is 1.72 bits per heavy atom. The van der Waals surface area contributed by atoms with Crippen LogP contribution in [0.15, 0.2) is 42.5 Å². The summed E-state index contributed by atoms with van der Waals surface area (Å²) in [6.07, 6.45) is 0. The van der Waals surface area contributed by atoms with Gasteiger partial charge in [0.1, 0.15) is 5.75 Å². The molecule has 0 saturated carbocycles. The number of aryl methyl sites for hydroxylation is 2. The molecule has 0 aromatic heterocycles. The molecule has 3 nitrogen and oxygen atoms in total. The second-order valence-electron chi connectivity index (χ2n) is 4.32. The van der Waals surface area contributed by atoms with Crippen molar-refractivity contribution >= 4 is 11.6 Å². The van der Waals surface area contributed by atoms with Crippen LogP contribution in [0.5, 0.6) is 5.75 Å². The zero-order valence-corrected chi connectivity index (χ0v) is 10.4. The first-order valence-electron chi connectivity index (χ1n) is 5.74. The highest BCUT2D eigenvalue weighted by Crippen LogP contribution is 2.17. The highest BCUT2D eigenvalue weighted by molar-refractivity contribution is 6.05. The maximum atomic E-state index is 12.0. The molecule has 0 aliphatic carbocycles. The van der Waals surface area contributed by atoms with E-state index in [1.165, 1.54) is 6.07 Å². The number of rotatable bonds is 2. The van der Waals surface area contributed by atoms with Gasteiger partial charge in [-0.25, -0.2) is 0 Å². The first-order chi connectivity index (χ1) is 8.56. The first kappa shape index (κ1) is 12.2. The van der Waals surface area contributed by atoms with E-state index in [1.54, 1.807) is 19.1 Å². The summed E-state index contributed by atoms with van der Waals surface area (Å²) in [6, 6.07) is 12.3. The van der Waals surface area contributed by atoms with Gasteiger partial charge in [0.2, 0.25) is 0 Å². The van der Waals surface area contributed by atoms with Gasteiger partial charge in [-0.1, -0.05) is 17.7 Å². The molecule has 3 heteroatoms. The van der Waals surface area contributed by atoms with E-state index in [9.17, 15) is 9.90 Å². The molecule has 0 spiro atoms. The fourth-order valence-electron chi connectivity index (χ4n) is 1.74. The number of aromatic hydroxyl groups is 1. The van der Waals surface area contributed by atoms with E-state index in [1.807, 2.05) is 31.2 Å². The van der Waals surface area contributed by atoms with E-state index in [2.05, 4.69) is 5.32 Å². The summed E-state index contributed by atoms with van der Waals surface area (Å²) < 4.78 is 0. The minimum Gasteiger partial charge on any atom is -0.508 e. The number of anilines is 1. The summed E-state index contributed by atoms with van der Waals surface area (Å²) in [4.78, 5) is 12.0. The molecule has 0 aliphatic rings. The SMILES string of the molecule is Cc1ccc(NC(=O)c2ccc(O)cc2C)cc1. The average molecular weight is 241 g/mol. The summed E-state index contributed by atoms with van der Waals surface area (Å²) in [5, 5.41) is 12.1. The lowest BCUT2D eigenvalue weighted by Crippen LogP contribution is -2.13. The van der Waals surface area contributed by atoms with E-state index in [4.69, 9.17) is 0 Å². The molecule has 0 fully saturated rings. The van der Waals surface area contributed by atoms with E-state index >= 15 is 0 Å². The first-order valence-corrected chi connectivity index (χ1v) is 5.74. The van der Waals surface area contributed by atoms with Crippen LogP contribution >= 0.6 is 0 Å². The highest BCUT2D eigenvalue weighted by atomic mass is 16.3. The molecular weight excluding hydrogens is 226 g/mol. The predicted molar refractivity (Wildman–Crippen MR) is 72.0 cm³/mol. The van der Waals surface area contributed by atoms with Crippen molar-refractivity contribution in [3.05, 3.63) is 59.2 Å². The van der Waals surface area contributed by atoms with E-state index < -0.39 is 0 Å². The van der Waals surface area contributed by atoms with Crippen LogP contribution in [0.3, 0.4) is 0 Å². The highest BCUT2D eigenvalue weighted by Gasteiger charge is 2.09. The smallest absolute Gasteiger partial charge is 0.255 e. The molecule has 92 valence electrons. The van der Waals surface area contributed by atoms with Crippen LogP contribution in [-0.4, -0.2) is 11.0 Å². The van der Waals surface area contributed by atoms with Gasteiger partial charge < -0.3 is 10.4 Å². The van der Waals surface area contributed by atoms with Crippen molar-refractivity contribution in [2.45, 2.75) is 13.8 Å². The quantitative estimate of drug-likeness (QED) is 0.847. The number of amides is 1. The monoisotopic (exact) mass is 241 g/mol. The largest absolute Gasteiger partial charge is 0.508 e. The summed E-state index contributed by atoms with van der Waals surface area (Å²) in [6.45, 7) is 3.79. The second-order valence-corrected chi connectivity index (χ2v) is 4.32. The lowest BCUT2D eigenvalue weighted by Gasteiger charge is -2.08. The van der Waals surface area contributed by atoms with Crippen molar-refractivity contribution in [3.63, 3.8) is 0 Å². The van der Waals surface area contributed by atoms with Crippen LogP contribution in [0.2, 0.25) is 0 Å². The Kier molecular flexibility index (Phi) is 3.33. The van der Waals surface area contributed by atoms with Crippen molar-refractivity contribution < 1.29 is 9.90 Å². The molecule has 18 heavy (non-hydrogen) atoms. The van der Waals surface area contributed by atoms with Gasteiger partial charge in [0.25, 0.3) is 5.91 Å². The molecule has 1 amide bonds. The molecule has 0 saturated heterocycles. The summed E-state index contributed by atoms with van der Waals surface area (Å²) >= 11 is 0. The van der Waals surface area contributed by atoms with Crippen LogP contribution in [0, 0.1) is 13.8 Å². The van der Waals surface area contributed by atoms with Gasteiger partial charge in [0.15, 0.2) is 0 Å². The summed E-state index contributed by atoms with van der Waals surface area (Å²) in [5.74, 6) is -0.00395. The average Bonchev–Trinajstić information content (AvgIpc) is 2.32. The van der Waals surface area contributed by atoms with Crippen molar-refractivity contribution in [1.82, 2.24) is 0 Å². The molecule has 2 N–H and O–H groups in total. The van der Waals surface area contributed by atoms with Gasteiger partial charge >= 0.3 is 0 Å². The van der Waals surface area contributed by atoms with Crippen LogP contribution in [-0.2, 0) is 0 Å². The lowest BCUT2D eigenvalue weighted by molar-refractivity contribution is 0.102. The third kappa shape index (κ3) is 2.69. The Bertz CT molecular complexity index is 574. The van der Waals surface area contributed by atoms with Gasteiger partial charge in [-0.2, -0.15) is 0 Å². The number of carbonyl (C=O) groups excluding carboxylic acids is 1. The fraction of sp³-hybridized carbons (Fsp3) is 0.133. The van der Waals surface area contributed by atoms with Crippen LogP contribution in [0.4, 0.5) is 5.69 Å². The Labute approximate surface area is 106 Å². The van der Waals surface area contributed by atoms with Crippen molar-refractivity contribution in [2.24, 2.45) is 0 Å². The minimum atomic E-state index is -0.170. The molecule has 0 aliphatic heterocycles. The van der Waals surface area contributed by atoms with Crippen molar-refractivity contribution in [2.75, 3.05) is 5.32 Å². The number of nitrogens with one attached hydrogen (secondary N) is 1. The van der Waals surface area contributed by atoms with Crippen molar-refractivity contribution in [3.8, 4) is 5.75 Å². The number of phenols is 1. The van der Waals surface area contributed by atoms with Crippen LogP contribution < -0.4 is 5.32 Å². The van der Waals surface area contributed by atoms with E-state index in [0.29, 0.717) is 5.56 Å². The molecule has 0 atom stereocenters. The Hall–Kier alpha value is -2.29. The molecular formula is C15H15NO2. The number of hydrogen-bond acceptors (Lipinski definition) is 2. The molecule has 0 unspecified atom stereocenters. The molecule has 0 radical (unpaired) electrons. The van der Waals surface area contributed by atoms with Gasteiger partial charge in [-0.05, 0) is 49.7 Å². The zero-order valence-electron chi connectivity index (χ0n) is 10.4. The number of benzene rings is 2. The normalized spacial score (nSPS) is 10.1. The molecule has 2 aromatic carbocycles. The zero-order chi connectivity index (χ0) is 13.1. The van der Waals surface area contributed by atoms with Crippen LogP contribution in [0.1, 0.15) is 21.5 Å². The Morgan fingerprint density at radius 3 is 2.33 bits per heavy atom. The molecule has 2 aromatic rings. The second kappa shape index (κ2) is 4.92. The standard InChI is InChI=1S/C15H15NO2/c1-10-3-5-12(6-4-10)16-15(18)14-8-7-13(17)9-11(14)2/h3-9,17H,1-2H3,(H,16,18). The molecule has 2 rings (SSSR count). The number of carbonyl (C=O) groups is 1. The topological polar surface area (TPSA) is 49.3 Å². The Balaban J connectivity index is 2.19. The predicted octanol–water partition coefficient (Wildman–Crippen LogP) is 3.26. The van der Waals surface area contributed by atoms with E-state index in [-0.39, 0.29) is 11.7 Å². The lowest BCUT2D eigenvalue weighted by atomic mass is 10.1. The van der Waals surface area contributed by atoms with Gasteiger partial charge in [-0.3, -0.25) is 4.79 Å².